The Morgan fingerprint density at radius 2 is 2.27 bits per heavy atom. The number of nitrogen functional groups attached to an aromatic ring is 1. The van der Waals surface area contributed by atoms with Gasteiger partial charge in [-0.05, 0) is 37.0 Å². The molecule has 1 aromatic carbocycles. The highest BCUT2D eigenvalue weighted by Gasteiger charge is 2.23. The summed E-state index contributed by atoms with van der Waals surface area (Å²) in [5.41, 5.74) is 8.24. The lowest BCUT2D eigenvalue weighted by atomic mass is 10.1. The largest absolute Gasteiger partial charge is 0.397 e. The van der Waals surface area contributed by atoms with Crippen molar-refractivity contribution in [1.82, 2.24) is 0 Å². The van der Waals surface area contributed by atoms with Crippen LogP contribution >= 0.6 is 0 Å². The van der Waals surface area contributed by atoms with Crippen molar-refractivity contribution in [3.05, 3.63) is 23.8 Å². The van der Waals surface area contributed by atoms with Crippen LogP contribution in [0.3, 0.4) is 0 Å². The number of rotatable bonds is 3. The fraction of sp³-hybridized carbons (Fsp3) is 0.417. The Hall–Kier alpha value is -1.69. The fourth-order valence-corrected chi connectivity index (χ4v) is 1.76. The molecule has 0 radical (unpaired) electrons. The van der Waals surface area contributed by atoms with E-state index >= 15 is 0 Å². The van der Waals surface area contributed by atoms with E-state index in [1.54, 1.807) is 6.07 Å². The van der Waals surface area contributed by atoms with Gasteiger partial charge in [0.25, 0.3) is 0 Å². The molecule has 0 aromatic heterocycles. The first kappa shape index (κ1) is 9.85. The van der Waals surface area contributed by atoms with Crippen molar-refractivity contribution in [2.24, 2.45) is 5.92 Å². The summed E-state index contributed by atoms with van der Waals surface area (Å²) in [6.07, 6.45) is 2.67. The Kier molecular flexibility index (Phi) is 2.51. The average molecular weight is 201 g/mol. The highest BCUT2D eigenvalue weighted by molar-refractivity contribution is 5.69. The third kappa shape index (κ3) is 2.21. The molecule has 2 rings (SSSR count). The van der Waals surface area contributed by atoms with Crippen LogP contribution in [0.1, 0.15) is 18.4 Å². The zero-order valence-electron chi connectivity index (χ0n) is 8.90. The van der Waals surface area contributed by atoms with Crippen LogP contribution in [0.4, 0.5) is 11.4 Å². The minimum Gasteiger partial charge on any atom is -0.397 e. The average Bonchev–Trinajstić information content (AvgIpc) is 3.01. The van der Waals surface area contributed by atoms with Crippen LogP contribution in [0.15, 0.2) is 18.2 Å². The summed E-state index contributed by atoms with van der Waals surface area (Å²) in [6.45, 7) is 1.07. The first-order valence-electron chi connectivity index (χ1n) is 5.21. The van der Waals surface area contributed by atoms with Gasteiger partial charge in [0.1, 0.15) is 0 Å². The molecule has 0 spiro atoms. The summed E-state index contributed by atoms with van der Waals surface area (Å²) < 4.78 is 0. The molecule has 78 valence electrons. The van der Waals surface area contributed by atoms with Crippen molar-refractivity contribution >= 4 is 11.4 Å². The molecule has 15 heavy (non-hydrogen) atoms. The molecule has 3 nitrogen and oxygen atoms in total. The molecule has 0 saturated heterocycles. The first-order chi connectivity index (χ1) is 7.20. The number of anilines is 2. The molecule has 2 N–H and O–H groups in total. The highest BCUT2D eigenvalue weighted by atomic mass is 15.1. The van der Waals surface area contributed by atoms with Crippen LogP contribution in [0.2, 0.25) is 0 Å². The first-order valence-corrected chi connectivity index (χ1v) is 5.21. The number of benzene rings is 1. The summed E-state index contributed by atoms with van der Waals surface area (Å²) in [7, 11) is 2.05. The molecule has 0 amide bonds. The van der Waals surface area contributed by atoms with E-state index in [0.29, 0.717) is 11.3 Å². The Labute approximate surface area is 90.1 Å². The van der Waals surface area contributed by atoms with E-state index in [4.69, 9.17) is 11.0 Å². The standard InChI is InChI=1S/C12H15N3/c1-15(8-9-2-3-9)12-5-4-10(7-13)6-11(12)14/h4-6,9H,2-3,8,14H2,1H3. The van der Waals surface area contributed by atoms with Gasteiger partial charge in [0.15, 0.2) is 0 Å². The van der Waals surface area contributed by atoms with Crippen molar-refractivity contribution in [3.63, 3.8) is 0 Å². The number of hydrogen-bond donors (Lipinski definition) is 1. The Balaban J connectivity index is 2.16. The monoisotopic (exact) mass is 201 g/mol. The Morgan fingerprint density at radius 1 is 1.53 bits per heavy atom. The predicted molar refractivity (Wildman–Crippen MR) is 61.6 cm³/mol. The zero-order valence-corrected chi connectivity index (χ0v) is 8.90. The molecule has 0 heterocycles. The van der Waals surface area contributed by atoms with Gasteiger partial charge in [-0.25, -0.2) is 0 Å². The van der Waals surface area contributed by atoms with Gasteiger partial charge in [0.05, 0.1) is 23.0 Å². The molecule has 0 aliphatic heterocycles. The molecule has 0 bridgehead atoms. The maximum absolute atomic E-state index is 8.73. The maximum Gasteiger partial charge on any atom is 0.0992 e. The van der Waals surface area contributed by atoms with E-state index in [9.17, 15) is 0 Å². The zero-order chi connectivity index (χ0) is 10.8. The van der Waals surface area contributed by atoms with Crippen molar-refractivity contribution in [2.45, 2.75) is 12.8 Å². The fourth-order valence-electron chi connectivity index (χ4n) is 1.76. The SMILES string of the molecule is CN(CC1CC1)c1ccc(C#N)cc1N. The van der Waals surface area contributed by atoms with Crippen LogP contribution in [0.5, 0.6) is 0 Å². The lowest BCUT2D eigenvalue weighted by Crippen LogP contribution is -2.21. The van der Waals surface area contributed by atoms with Crippen LogP contribution < -0.4 is 10.6 Å². The van der Waals surface area contributed by atoms with Crippen molar-refractivity contribution in [1.29, 1.82) is 5.26 Å². The number of hydrogen-bond acceptors (Lipinski definition) is 3. The normalized spacial score (nSPS) is 14.7. The van der Waals surface area contributed by atoms with Crippen LogP contribution in [-0.2, 0) is 0 Å². The topological polar surface area (TPSA) is 53.0 Å². The number of nitriles is 1. The molecule has 1 aliphatic carbocycles. The van der Waals surface area contributed by atoms with Gasteiger partial charge in [0.2, 0.25) is 0 Å². The maximum atomic E-state index is 8.73. The van der Waals surface area contributed by atoms with Crippen molar-refractivity contribution in [3.8, 4) is 6.07 Å². The Bertz CT molecular complexity index is 402. The van der Waals surface area contributed by atoms with E-state index < -0.39 is 0 Å². The summed E-state index contributed by atoms with van der Waals surface area (Å²) in [6, 6.07) is 7.56. The van der Waals surface area contributed by atoms with Crippen LogP contribution in [0, 0.1) is 17.2 Å². The molecule has 1 saturated carbocycles. The van der Waals surface area contributed by atoms with Gasteiger partial charge in [-0.2, -0.15) is 5.26 Å². The van der Waals surface area contributed by atoms with Gasteiger partial charge < -0.3 is 10.6 Å². The van der Waals surface area contributed by atoms with E-state index in [1.807, 2.05) is 12.1 Å². The van der Waals surface area contributed by atoms with Crippen LogP contribution in [-0.4, -0.2) is 13.6 Å². The third-order valence-corrected chi connectivity index (χ3v) is 2.80. The number of nitrogens with two attached hydrogens (primary N) is 1. The lowest BCUT2D eigenvalue weighted by molar-refractivity contribution is 0.788. The highest BCUT2D eigenvalue weighted by Crippen LogP contribution is 2.32. The smallest absolute Gasteiger partial charge is 0.0992 e. The summed E-state index contributed by atoms with van der Waals surface area (Å²) in [5, 5.41) is 8.73. The molecule has 0 atom stereocenters. The third-order valence-electron chi connectivity index (χ3n) is 2.80. The van der Waals surface area contributed by atoms with Gasteiger partial charge in [-0.1, -0.05) is 0 Å². The van der Waals surface area contributed by atoms with Gasteiger partial charge >= 0.3 is 0 Å². The molecule has 1 aliphatic rings. The minimum absolute atomic E-state index is 0.621. The van der Waals surface area contributed by atoms with Gasteiger partial charge in [-0.3, -0.25) is 0 Å². The van der Waals surface area contributed by atoms with E-state index in [2.05, 4.69) is 18.0 Å². The van der Waals surface area contributed by atoms with Gasteiger partial charge in [0, 0.05) is 13.6 Å². The Morgan fingerprint density at radius 3 is 2.80 bits per heavy atom. The van der Waals surface area contributed by atoms with Gasteiger partial charge in [-0.15, -0.1) is 0 Å². The van der Waals surface area contributed by atoms with E-state index in [-0.39, 0.29) is 0 Å². The quantitative estimate of drug-likeness (QED) is 0.761. The van der Waals surface area contributed by atoms with E-state index in [1.165, 1.54) is 12.8 Å². The van der Waals surface area contributed by atoms with E-state index in [0.717, 1.165) is 18.2 Å². The van der Waals surface area contributed by atoms with Crippen molar-refractivity contribution < 1.29 is 0 Å². The molecular weight excluding hydrogens is 186 g/mol. The summed E-state index contributed by atoms with van der Waals surface area (Å²) in [4.78, 5) is 2.17. The number of nitrogens with zero attached hydrogens (tertiary/aromatic N) is 2. The lowest BCUT2D eigenvalue weighted by Gasteiger charge is -2.20. The molecular formula is C12H15N3. The summed E-state index contributed by atoms with van der Waals surface area (Å²) >= 11 is 0. The van der Waals surface area contributed by atoms with Crippen LogP contribution in [0.25, 0.3) is 0 Å². The van der Waals surface area contributed by atoms with Crippen molar-refractivity contribution in [2.75, 3.05) is 24.2 Å². The second-order valence-corrected chi connectivity index (χ2v) is 4.21. The molecule has 1 fully saturated rings. The minimum atomic E-state index is 0.621. The summed E-state index contributed by atoms with van der Waals surface area (Å²) in [5.74, 6) is 0.838. The second-order valence-electron chi connectivity index (χ2n) is 4.21. The molecule has 0 unspecified atom stereocenters. The predicted octanol–water partition coefficient (Wildman–Crippen LogP) is 1.99. The molecule has 1 aromatic rings. The second kappa shape index (κ2) is 3.82. The molecule has 3 heteroatoms.